The van der Waals surface area contributed by atoms with Crippen molar-refractivity contribution in [3.05, 3.63) is 42.5 Å². The summed E-state index contributed by atoms with van der Waals surface area (Å²) in [5, 5.41) is 0.721. The molecule has 0 aliphatic heterocycles. The van der Waals surface area contributed by atoms with E-state index in [4.69, 9.17) is 0 Å². The van der Waals surface area contributed by atoms with Crippen LogP contribution in [0.2, 0.25) is 0 Å². The summed E-state index contributed by atoms with van der Waals surface area (Å²) in [6.07, 6.45) is 2.40. The molecule has 3 nitrogen and oxygen atoms in total. The van der Waals surface area contributed by atoms with Crippen LogP contribution in [0, 0.1) is 0 Å². The predicted molar refractivity (Wildman–Crippen MR) is 78.3 cm³/mol. The molecule has 0 heterocycles. The van der Waals surface area contributed by atoms with Crippen LogP contribution in [-0.4, -0.2) is 25.8 Å². The van der Waals surface area contributed by atoms with Crippen molar-refractivity contribution in [3.63, 3.8) is 0 Å². The number of halogens is 1. The molecule has 0 unspecified atom stereocenters. The number of hydrogen-bond donors (Lipinski definition) is 0. The summed E-state index contributed by atoms with van der Waals surface area (Å²) in [6.45, 7) is 6.41. The molecule has 0 saturated carbocycles. The van der Waals surface area contributed by atoms with Crippen molar-refractivity contribution in [1.29, 1.82) is 0 Å². The first kappa shape index (κ1) is 15.4. The van der Waals surface area contributed by atoms with Crippen molar-refractivity contribution in [2.24, 2.45) is 0 Å². The SMILES string of the molecule is C=CCN(CCC)S(=O)(=O)c1ccc(CBr)cc1. The van der Waals surface area contributed by atoms with Crippen LogP contribution >= 0.6 is 15.9 Å². The summed E-state index contributed by atoms with van der Waals surface area (Å²) in [5.74, 6) is 0. The van der Waals surface area contributed by atoms with Gasteiger partial charge in [0.05, 0.1) is 4.90 Å². The van der Waals surface area contributed by atoms with E-state index in [2.05, 4.69) is 22.5 Å². The first-order valence-corrected chi connectivity index (χ1v) is 8.38. The Morgan fingerprint density at radius 2 is 1.94 bits per heavy atom. The van der Waals surface area contributed by atoms with Crippen LogP contribution in [-0.2, 0) is 15.4 Å². The summed E-state index contributed by atoms with van der Waals surface area (Å²) in [5.41, 5.74) is 1.06. The Balaban J connectivity index is 3.04. The van der Waals surface area contributed by atoms with E-state index in [0.29, 0.717) is 18.0 Å². The van der Waals surface area contributed by atoms with Crippen LogP contribution in [0.15, 0.2) is 41.8 Å². The van der Waals surface area contributed by atoms with Crippen molar-refractivity contribution < 1.29 is 8.42 Å². The summed E-state index contributed by atoms with van der Waals surface area (Å²) < 4.78 is 26.2. The van der Waals surface area contributed by atoms with E-state index in [1.165, 1.54) is 4.31 Å². The summed E-state index contributed by atoms with van der Waals surface area (Å²) in [4.78, 5) is 0.336. The molecule has 0 aromatic heterocycles. The average molecular weight is 332 g/mol. The lowest BCUT2D eigenvalue weighted by Crippen LogP contribution is -2.31. The molecule has 0 spiro atoms. The summed E-state index contributed by atoms with van der Waals surface area (Å²) >= 11 is 3.34. The van der Waals surface area contributed by atoms with Crippen molar-refractivity contribution in [2.45, 2.75) is 23.6 Å². The molecule has 100 valence electrons. The molecule has 0 aliphatic rings. The standard InChI is InChI=1S/C13H18BrNO2S/c1-3-9-15(10-4-2)18(16,17)13-7-5-12(11-14)6-8-13/h3,5-8H,1,4,9-11H2,2H3. The number of benzene rings is 1. The van der Waals surface area contributed by atoms with Gasteiger partial charge in [0, 0.05) is 18.4 Å². The third-order valence-electron chi connectivity index (χ3n) is 2.52. The van der Waals surface area contributed by atoms with E-state index in [1.807, 2.05) is 19.1 Å². The van der Waals surface area contributed by atoms with E-state index in [9.17, 15) is 8.42 Å². The molecule has 1 aromatic rings. The molecule has 1 aromatic carbocycles. The van der Waals surface area contributed by atoms with Crippen molar-refractivity contribution in [3.8, 4) is 0 Å². The predicted octanol–water partition coefficient (Wildman–Crippen LogP) is 3.17. The first-order valence-electron chi connectivity index (χ1n) is 5.82. The molecule has 0 amide bonds. The Hall–Kier alpha value is -0.650. The van der Waals surface area contributed by atoms with Gasteiger partial charge in [-0.15, -0.1) is 6.58 Å². The highest BCUT2D eigenvalue weighted by molar-refractivity contribution is 9.08. The number of rotatable bonds is 7. The third-order valence-corrected chi connectivity index (χ3v) is 5.05. The van der Waals surface area contributed by atoms with E-state index in [0.717, 1.165) is 17.3 Å². The maximum atomic E-state index is 12.4. The normalized spacial score (nSPS) is 11.7. The fourth-order valence-corrected chi connectivity index (χ4v) is 3.48. The highest BCUT2D eigenvalue weighted by Gasteiger charge is 2.22. The first-order chi connectivity index (χ1) is 8.56. The average Bonchev–Trinajstić information content (AvgIpc) is 2.38. The summed E-state index contributed by atoms with van der Waals surface area (Å²) in [7, 11) is -3.40. The van der Waals surface area contributed by atoms with Gasteiger partial charge >= 0.3 is 0 Å². The van der Waals surface area contributed by atoms with Gasteiger partial charge in [-0.2, -0.15) is 4.31 Å². The minimum Gasteiger partial charge on any atom is -0.207 e. The van der Waals surface area contributed by atoms with Crippen LogP contribution in [0.4, 0.5) is 0 Å². The Kier molecular flexibility index (Phi) is 6.05. The van der Waals surface area contributed by atoms with Crippen molar-refractivity contribution >= 4 is 26.0 Å². The summed E-state index contributed by atoms with van der Waals surface area (Å²) in [6, 6.07) is 6.94. The van der Waals surface area contributed by atoms with E-state index in [1.54, 1.807) is 18.2 Å². The lowest BCUT2D eigenvalue weighted by molar-refractivity contribution is 0.441. The molecule has 0 atom stereocenters. The quantitative estimate of drug-likeness (QED) is 0.568. The van der Waals surface area contributed by atoms with Crippen LogP contribution < -0.4 is 0 Å². The van der Waals surface area contributed by atoms with Gasteiger partial charge in [-0.25, -0.2) is 8.42 Å². The molecular weight excluding hydrogens is 314 g/mol. The zero-order valence-corrected chi connectivity index (χ0v) is 12.9. The largest absolute Gasteiger partial charge is 0.243 e. The van der Waals surface area contributed by atoms with Gasteiger partial charge in [0.25, 0.3) is 0 Å². The van der Waals surface area contributed by atoms with Crippen LogP contribution in [0.3, 0.4) is 0 Å². The Morgan fingerprint density at radius 3 is 2.39 bits per heavy atom. The monoisotopic (exact) mass is 331 g/mol. The van der Waals surface area contributed by atoms with Gasteiger partial charge in [-0.3, -0.25) is 0 Å². The number of nitrogens with zero attached hydrogens (tertiary/aromatic N) is 1. The molecule has 0 fully saturated rings. The second-order valence-corrected chi connectivity index (χ2v) is 6.43. The molecule has 0 bridgehead atoms. The lowest BCUT2D eigenvalue weighted by atomic mass is 10.2. The Bertz CT molecular complexity index is 482. The van der Waals surface area contributed by atoms with Gasteiger partial charge in [-0.1, -0.05) is 41.1 Å². The van der Waals surface area contributed by atoms with Crippen LogP contribution in [0.5, 0.6) is 0 Å². The number of alkyl halides is 1. The fourth-order valence-electron chi connectivity index (χ4n) is 1.60. The molecule has 5 heteroatoms. The highest BCUT2D eigenvalue weighted by atomic mass is 79.9. The van der Waals surface area contributed by atoms with Gasteiger partial charge < -0.3 is 0 Å². The molecule has 0 radical (unpaired) electrons. The molecule has 18 heavy (non-hydrogen) atoms. The van der Waals surface area contributed by atoms with Gasteiger partial charge in [0.1, 0.15) is 0 Å². The minimum absolute atomic E-state index is 0.336. The van der Waals surface area contributed by atoms with E-state index in [-0.39, 0.29) is 0 Å². The lowest BCUT2D eigenvalue weighted by Gasteiger charge is -2.20. The molecule has 1 rings (SSSR count). The second-order valence-electron chi connectivity index (χ2n) is 3.93. The molecule has 0 N–H and O–H groups in total. The zero-order chi connectivity index (χ0) is 13.6. The highest BCUT2D eigenvalue weighted by Crippen LogP contribution is 2.17. The Labute approximate surface area is 118 Å². The van der Waals surface area contributed by atoms with E-state index >= 15 is 0 Å². The second kappa shape index (κ2) is 7.07. The van der Waals surface area contributed by atoms with Crippen molar-refractivity contribution in [1.82, 2.24) is 4.31 Å². The smallest absolute Gasteiger partial charge is 0.207 e. The topological polar surface area (TPSA) is 37.4 Å². The number of sulfonamides is 1. The van der Waals surface area contributed by atoms with E-state index < -0.39 is 10.0 Å². The van der Waals surface area contributed by atoms with Crippen molar-refractivity contribution in [2.75, 3.05) is 13.1 Å². The fraction of sp³-hybridized carbons (Fsp3) is 0.385. The van der Waals surface area contributed by atoms with Gasteiger partial charge in [-0.05, 0) is 24.1 Å². The van der Waals surface area contributed by atoms with Gasteiger partial charge in [0.2, 0.25) is 10.0 Å². The number of hydrogen-bond acceptors (Lipinski definition) is 2. The maximum Gasteiger partial charge on any atom is 0.243 e. The third kappa shape index (κ3) is 3.67. The van der Waals surface area contributed by atoms with Crippen LogP contribution in [0.25, 0.3) is 0 Å². The maximum absolute atomic E-state index is 12.4. The van der Waals surface area contributed by atoms with Gasteiger partial charge in [0.15, 0.2) is 0 Å². The minimum atomic E-state index is -3.40. The molecule has 0 saturated heterocycles. The molecular formula is C13H18BrNO2S. The van der Waals surface area contributed by atoms with Crippen LogP contribution in [0.1, 0.15) is 18.9 Å². The molecule has 0 aliphatic carbocycles. The zero-order valence-electron chi connectivity index (χ0n) is 10.5. The Morgan fingerprint density at radius 1 is 1.33 bits per heavy atom.